The van der Waals surface area contributed by atoms with E-state index < -0.39 is 36.3 Å². The Morgan fingerprint density at radius 1 is 0.380 bits per heavy atom. The summed E-state index contributed by atoms with van der Waals surface area (Å²) in [6.45, 7) is 0. The van der Waals surface area contributed by atoms with Crippen LogP contribution in [0.3, 0.4) is 0 Å². The largest absolute Gasteiger partial charge is 0.309 e. The van der Waals surface area contributed by atoms with Crippen LogP contribution in [0.4, 0.5) is 0 Å². The van der Waals surface area contributed by atoms with E-state index in [1.807, 2.05) is 66.7 Å². The number of nitrogens with zero attached hydrogens (tertiary/aromatic N) is 5. The van der Waals surface area contributed by atoms with Crippen molar-refractivity contribution in [2.75, 3.05) is 0 Å². The van der Waals surface area contributed by atoms with Gasteiger partial charge in [0.2, 0.25) is 0 Å². The number of aromatic nitrogens is 5. The highest BCUT2D eigenvalue weighted by Gasteiger charge is 2.21. The first kappa shape index (κ1) is 19.8. The number of benzene rings is 7. The lowest BCUT2D eigenvalue weighted by Gasteiger charge is -2.12. The van der Waals surface area contributed by atoms with Crippen molar-refractivity contribution in [2.24, 2.45) is 0 Å². The minimum absolute atomic E-state index is 0.0283. The number of hydrogen-bond acceptors (Lipinski definition) is 3. The van der Waals surface area contributed by atoms with Crippen LogP contribution in [0.15, 0.2) is 176 Å². The van der Waals surface area contributed by atoms with E-state index in [1.165, 1.54) is 0 Å². The Labute approximate surface area is 302 Å². The molecule has 0 N–H and O–H groups in total. The van der Waals surface area contributed by atoms with Gasteiger partial charge in [-0.25, -0.2) is 15.0 Å². The first-order valence-corrected chi connectivity index (χ1v) is 16.0. The molecule has 0 aliphatic rings. The molecule has 5 nitrogen and oxygen atoms in total. The van der Waals surface area contributed by atoms with Gasteiger partial charge in [0, 0.05) is 49.6 Å². The van der Waals surface area contributed by atoms with E-state index in [9.17, 15) is 6.85 Å². The molecule has 0 spiro atoms. The lowest BCUT2D eigenvalue weighted by molar-refractivity contribution is 1.07. The van der Waals surface area contributed by atoms with Gasteiger partial charge in [-0.3, -0.25) is 0 Å². The maximum Gasteiger partial charge on any atom is 0.164 e. The molecular formula is C45H29N5. The SMILES string of the molecule is [2H]c1c([2H])c([2H])c2c(c1[2H])c1c3c4c([2H])c([2H])c([2H])c([2H])c4n(-c4cccc(-c5nc(-c6ccccc6)nc(-c6ccccc6)n5)c4)c3c([2H])c([2H])c1n2-c1ccccc1. The van der Waals surface area contributed by atoms with E-state index in [1.54, 1.807) is 57.7 Å². The smallest absolute Gasteiger partial charge is 0.164 e. The number of fused-ring (bicyclic) bond motifs is 7. The molecule has 3 aromatic heterocycles. The van der Waals surface area contributed by atoms with Gasteiger partial charge in [0.15, 0.2) is 17.5 Å². The summed E-state index contributed by atoms with van der Waals surface area (Å²) in [5, 5.41) is 0.420. The summed E-state index contributed by atoms with van der Waals surface area (Å²) in [7, 11) is 0. The van der Waals surface area contributed by atoms with Crippen LogP contribution in [0.25, 0.3) is 89.2 Å². The van der Waals surface area contributed by atoms with E-state index in [-0.39, 0.29) is 67.8 Å². The summed E-state index contributed by atoms with van der Waals surface area (Å²) < 4.78 is 94.3. The molecule has 0 saturated heterocycles. The zero-order valence-corrected chi connectivity index (χ0v) is 26.2. The van der Waals surface area contributed by atoms with Crippen molar-refractivity contribution in [1.29, 1.82) is 0 Å². The number of para-hydroxylation sites is 3. The Balaban J connectivity index is 1.36. The Kier molecular flexibility index (Phi) is 4.52. The molecule has 0 fully saturated rings. The van der Waals surface area contributed by atoms with Gasteiger partial charge < -0.3 is 9.13 Å². The van der Waals surface area contributed by atoms with Crippen LogP contribution in [-0.4, -0.2) is 24.1 Å². The molecule has 0 unspecified atom stereocenters. The monoisotopic (exact) mass is 649 g/mol. The van der Waals surface area contributed by atoms with E-state index in [4.69, 9.17) is 21.8 Å². The van der Waals surface area contributed by atoms with Crippen LogP contribution in [0.2, 0.25) is 0 Å². The normalized spacial score (nSPS) is 14.4. The average Bonchev–Trinajstić information content (AvgIpc) is 3.84. The third-order valence-corrected chi connectivity index (χ3v) is 8.83. The van der Waals surface area contributed by atoms with E-state index in [0.717, 1.165) is 11.1 Å². The highest BCUT2D eigenvalue weighted by atomic mass is 15.0. The molecule has 10 rings (SSSR count). The van der Waals surface area contributed by atoms with Gasteiger partial charge in [-0.2, -0.15) is 0 Å². The van der Waals surface area contributed by atoms with Crippen molar-refractivity contribution < 1.29 is 13.7 Å². The van der Waals surface area contributed by atoms with E-state index >= 15 is 0 Å². The lowest BCUT2D eigenvalue weighted by atomic mass is 10.1. The molecule has 5 heteroatoms. The second-order valence-electron chi connectivity index (χ2n) is 11.7. The molecule has 7 aromatic carbocycles. The first-order valence-electron chi connectivity index (χ1n) is 21.0. The third-order valence-electron chi connectivity index (χ3n) is 8.83. The van der Waals surface area contributed by atoms with Gasteiger partial charge in [0.1, 0.15) is 0 Å². The third kappa shape index (κ3) is 4.45. The van der Waals surface area contributed by atoms with Crippen molar-refractivity contribution in [3.8, 4) is 45.5 Å². The van der Waals surface area contributed by atoms with Gasteiger partial charge in [-0.05, 0) is 48.4 Å². The topological polar surface area (TPSA) is 48.5 Å². The van der Waals surface area contributed by atoms with Gasteiger partial charge in [0.05, 0.1) is 35.8 Å². The van der Waals surface area contributed by atoms with Crippen molar-refractivity contribution in [1.82, 2.24) is 24.1 Å². The second kappa shape index (κ2) is 11.4. The minimum Gasteiger partial charge on any atom is -0.309 e. The molecule has 3 heterocycles. The molecule has 0 aliphatic carbocycles. The van der Waals surface area contributed by atoms with Gasteiger partial charge in [-0.15, -0.1) is 0 Å². The van der Waals surface area contributed by atoms with Crippen LogP contribution in [-0.2, 0) is 0 Å². The number of rotatable bonds is 5. The Bertz CT molecular complexity index is 3370. The molecule has 0 saturated carbocycles. The van der Waals surface area contributed by atoms with Crippen LogP contribution in [0, 0.1) is 0 Å². The van der Waals surface area contributed by atoms with Crippen molar-refractivity contribution in [3.63, 3.8) is 0 Å². The quantitative estimate of drug-likeness (QED) is 0.186. The zero-order valence-electron chi connectivity index (χ0n) is 36.2. The van der Waals surface area contributed by atoms with E-state index in [0.29, 0.717) is 34.4 Å². The Morgan fingerprint density at radius 2 is 0.800 bits per heavy atom. The lowest BCUT2D eigenvalue weighted by Crippen LogP contribution is -2.01. The van der Waals surface area contributed by atoms with Gasteiger partial charge in [-0.1, -0.05) is 127 Å². The summed E-state index contributed by atoms with van der Waals surface area (Å²) in [6, 6.07) is 30.7. The predicted molar refractivity (Wildman–Crippen MR) is 205 cm³/mol. The number of hydrogen-bond donors (Lipinski definition) is 0. The van der Waals surface area contributed by atoms with Crippen molar-refractivity contribution in [2.45, 2.75) is 0 Å². The highest BCUT2D eigenvalue weighted by Crippen LogP contribution is 2.42. The summed E-state index contributed by atoms with van der Waals surface area (Å²) in [5.41, 5.74) is 3.21. The summed E-state index contributed by atoms with van der Waals surface area (Å²) in [5.74, 6) is 1.19. The second-order valence-corrected chi connectivity index (χ2v) is 11.7. The molecule has 0 aliphatic heterocycles. The van der Waals surface area contributed by atoms with Gasteiger partial charge >= 0.3 is 0 Å². The molecule has 234 valence electrons. The van der Waals surface area contributed by atoms with Gasteiger partial charge in [0.25, 0.3) is 0 Å². The maximum absolute atomic E-state index is 9.69. The van der Waals surface area contributed by atoms with Crippen LogP contribution < -0.4 is 0 Å². The fourth-order valence-corrected chi connectivity index (χ4v) is 6.65. The minimum atomic E-state index is -0.518. The van der Waals surface area contributed by atoms with E-state index in [2.05, 4.69) is 0 Å². The van der Waals surface area contributed by atoms with Crippen LogP contribution >= 0.6 is 0 Å². The van der Waals surface area contributed by atoms with Crippen LogP contribution in [0.1, 0.15) is 13.7 Å². The maximum atomic E-state index is 9.69. The fourth-order valence-electron chi connectivity index (χ4n) is 6.65. The first-order chi connectivity index (χ1) is 29.0. The highest BCUT2D eigenvalue weighted by molar-refractivity contribution is 6.28. The summed E-state index contributed by atoms with van der Waals surface area (Å²) in [6.07, 6.45) is 0. The zero-order chi connectivity index (χ0) is 41.7. The average molecular weight is 650 g/mol. The fraction of sp³-hybridized carbons (Fsp3) is 0. The molecule has 50 heavy (non-hydrogen) atoms. The molecule has 0 atom stereocenters. The molecule has 10 aromatic rings. The Hall–Kier alpha value is -6.85. The molecular weight excluding hydrogens is 611 g/mol. The summed E-state index contributed by atoms with van der Waals surface area (Å²) >= 11 is 0. The standard InChI is InChI=1S/C45H29N5/c1-4-15-30(16-5-1)43-46-44(31-17-6-2-7-18-31)48-45(47-43)32-19-14-22-34(29-32)50-38-26-13-11-24-36(38)42-40(50)28-27-39-41(42)35-23-10-12-25-37(35)49(39)33-20-8-3-9-21-33/h1-29H/i10D,11D,12D,13D,23D,24D,25D,26D,27D,28D. The van der Waals surface area contributed by atoms with Crippen LogP contribution in [0.5, 0.6) is 0 Å². The van der Waals surface area contributed by atoms with Crippen molar-refractivity contribution >= 4 is 43.6 Å². The predicted octanol–water partition coefficient (Wildman–Crippen LogP) is 11.1. The molecule has 0 radical (unpaired) electrons. The van der Waals surface area contributed by atoms with Crippen molar-refractivity contribution in [3.05, 3.63) is 176 Å². The molecule has 0 bridgehead atoms. The summed E-state index contributed by atoms with van der Waals surface area (Å²) in [4.78, 5) is 14.6. The molecule has 0 amide bonds. The Morgan fingerprint density at radius 3 is 1.34 bits per heavy atom.